The highest BCUT2D eigenvalue weighted by Gasteiger charge is 2.24. The third kappa shape index (κ3) is 1.64. The molecule has 0 unspecified atom stereocenters. The van der Waals surface area contributed by atoms with Crippen LogP contribution in [0.2, 0.25) is 0 Å². The number of hydrogen-bond acceptors (Lipinski definition) is 4. The average Bonchev–Trinajstić information content (AvgIpc) is 2.15. The first-order valence-electron chi connectivity index (χ1n) is 3.37. The second-order valence-corrected chi connectivity index (χ2v) is 4.48. The number of rotatable bonds is 2. The Kier molecular flexibility index (Phi) is 2.20. The molecule has 2 N–H and O–H groups in total. The molecule has 1 aliphatic rings. The molecule has 6 heteroatoms. The van der Waals surface area contributed by atoms with Crippen LogP contribution in [0.3, 0.4) is 0 Å². The van der Waals surface area contributed by atoms with Crippen LogP contribution in [0, 0.1) is 0 Å². The molecule has 1 rings (SSSR count). The van der Waals surface area contributed by atoms with Gasteiger partial charge in [-0.05, 0) is 14.1 Å². The van der Waals surface area contributed by atoms with Crippen LogP contribution >= 0.6 is 0 Å². The van der Waals surface area contributed by atoms with E-state index in [0.717, 1.165) is 0 Å². The molecule has 0 atom stereocenters. The summed E-state index contributed by atoms with van der Waals surface area (Å²) < 4.78 is 25.6. The van der Waals surface area contributed by atoms with Crippen molar-refractivity contribution in [2.75, 3.05) is 20.6 Å². The molecule has 1 heterocycles. The van der Waals surface area contributed by atoms with Crippen molar-refractivity contribution in [3.05, 3.63) is 10.6 Å². The highest BCUT2D eigenvalue weighted by atomic mass is 32.2. The standard InChI is InChI=1S/C6H11N3O2S/c1-9(2)4-6-5(7)3-8-12(6,10)11/h3H,4,7H2,1-2H3. The van der Waals surface area contributed by atoms with Gasteiger partial charge in [0.1, 0.15) is 4.91 Å². The molecule has 0 radical (unpaired) electrons. The first kappa shape index (κ1) is 9.21. The lowest BCUT2D eigenvalue weighted by Gasteiger charge is -2.09. The third-order valence-corrected chi connectivity index (χ3v) is 2.79. The van der Waals surface area contributed by atoms with Gasteiger partial charge in [0.2, 0.25) is 0 Å². The van der Waals surface area contributed by atoms with E-state index in [1.54, 1.807) is 19.0 Å². The van der Waals surface area contributed by atoms with Crippen molar-refractivity contribution in [3.8, 4) is 0 Å². The largest absolute Gasteiger partial charge is 0.397 e. The van der Waals surface area contributed by atoms with Crippen molar-refractivity contribution >= 4 is 16.2 Å². The summed E-state index contributed by atoms with van der Waals surface area (Å²) in [4.78, 5) is 1.92. The Morgan fingerprint density at radius 1 is 1.58 bits per heavy atom. The minimum atomic E-state index is -3.45. The van der Waals surface area contributed by atoms with Crippen molar-refractivity contribution in [3.63, 3.8) is 0 Å². The maximum Gasteiger partial charge on any atom is 0.281 e. The molecule has 0 bridgehead atoms. The van der Waals surface area contributed by atoms with Gasteiger partial charge in [-0.1, -0.05) is 0 Å². The zero-order chi connectivity index (χ0) is 9.35. The number of likely N-dealkylation sites (N-methyl/N-ethyl adjacent to an activating group) is 1. The van der Waals surface area contributed by atoms with Crippen LogP contribution in [0.5, 0.6) is 0 Å². The third-order valence-electron chi connectivity index (χ3n) is 1.42. The Morgan fingerprint density at radius 3 is 2.50 bits per heavy atom. The van der Waals surface area contributed by atoms with E-state index in [0.29, 0.717) is 6.54 Å². The molecule has 0 aromatic rings. The van der Waals surface area contributed by atoms with Crippen LogP contribution in [0.15, 0.2) is 15.0 Å². The van der Waals surface area contributed by atoms with Crippen LogP contribution in [0.25, 0.3) is 0 Å². The summed E-state index contributed by atoms with van der Waals surface area (Å²) in [5, 5.41) is 0. The van der Waals surface area contributed by atoms with Gasteiger partial charge in [0.15, 0.2) is 0 Å². The molecule has 0 saturated heterocycles. The number of sulfonamides is 1. The Morgan fingerprint density at radius 2 is 2.17 bits per heavy atom. The Bertz CT molecular complexity index is 340. The molecule has 1 aliphatic heterocycles. The predicted molar refractivity (Wildman–Crippen MR) is 47.2 cm³/mol. The summed E-state index contributed by atoms with van der Waals surface area (Å²) in [6, 6.07) is 0. The number of hydrogen-bond donors (Lipinski definition) is 1. The number of nitrogens with two attached hydrogens (primary N) is 1. The van der Waals surface area contributed by atoms with Crippen LogP contribution in [0.1, 0.15) is 0 Å². The predicted octanol–water partition coefficient (Wildman–Crippen LogP) is -0.867. The minimum Gasteiger partial charge on any atom is -0.397 e. The highest BCUT2D eigenvalue weighted by molar-refractivity contribution is 7.94. The van der Waals surface area contributed by atoms with Gasteiger partial charge >= 0.3 is 0 Å². The van der Waals surface area contributed by atoms with Crippen molar-refractivity contribution in [2.45, 2.75) is 0 Å². The molecule has 0 aliphatic carbocycles. The number of nitrogens with zero attached hydrogens (tertiary/aromatic N) is 2. The summed E-state index contributed by atoms with van der Waals surface area (Å²) in [7, 11) is 0.0950. The first-order chi connectivity index (χ1) is 5.43. The topological polar surface area (TPSA) is 75.8 Å². The Hall–Kier alpha value is -0.880. The lowest BCUT2D eigenvalue weighted by molar-refractivity contribution is 0.449. The van der Waals surface area contributed by atoms with Gasteiger partial charge < -0.3 is 10.6 Å². The maximum absolute atomic E-state index is 11.1. The molecule has 0 spiro atoms. The second-order valence-electron chi connectivity index (χ2n) is 2.83. The average molecular weight is 189 g/mol. The molecule has 0 aromatic heterocycles. The highest BCUT2D eigenvalue weighted by Crippen LogP contribution is 2.16. The van der Waals surface area contributed by atoms with E-state index in [9.17, 15) is 8.42 Å². The fourth-order valence-electron chi connectivity index (χ4n) is 0.871. The summed E-state index contributed by atoms with van der Waals surface area (Å²) >= 11 is 0. The van der Waals surface area contributed by atoms with Crippen LogP contribution in [0.4, 0.5) is 0 Å². The Balaban J connectivity index is 2.98. The SMILES string of the molecule is CN(C)CC1=C(N)C=NS1(=O)=O. The van der Waals surface area contributed by atoms with Gasteiger partial charge in [0.05, 0.1) is 11.9 Å². The van der Waals surface area contributed by atoms with E-state index in [1.165, 1.54) is 6.21 Å². The van der Waals surface area contributed by atoms with Gasteiger partial charge in [-0.15, -0.1) is 0 Å². The normalized spacial score (nSPS) is 20.9. The smallest absolute Gasteiger partial charge is 0.281 e. The molecule has 0 amide bonds. The zero-order valence-electron chi connectivity index (χ0n) is 6.98. The quantitative estimate of drug-likeness (QED) is 0.613. The fourth-order valence-corrected chi connectivity index (χ4v) is 2.02. The molecule has 5 nitrogen and oxygen atoms in total. The lowest BCUT2D eigenvalue weighted by Crippen LogP contribution is -2.20. The van der Waals surface area contributed by atoms with E-state index < -0.39 is 10.0 Å². The van der Waals surface area contributed by atoms with E-state index in [4.69, 9.17) is 5.73 Å². The maximum atomic E-state index is 11.1. The van der Waals surface area contributed by atoms with Crippen molar-refractivity contribution in [1.29, 1.82) is 0 Å². The monoisotopic (exact) mass is 189 g/mol. The molecule has 0 aromatic carbocycles. The summed E-state index contributed by atoms with van der Waals surface area (Å²) in [6.07, 6.45) is 1.17. The van der Waals surface area contributed by atoms with Crippen molar-refractivity contribution in [2.24, 2.45) is 10.1 Å². The van der Waals surface area contributed by atoms with E-state index in [2.05, 4.69) is 4.40 Å². The molecule has 0 fully saturated rings. The zero-order valence-corrected chi connectivity index (χ0v) is 7.80. The second kappa shape index (κ2) is 2.87. The summed E-state index contributed by atoms with van der Waals surface area (Å²) in [6.45, 7) is 0.300. The van der Waals surface area contributed by atoms with Gasteiger partial charge in [-0.3, -0.25) is 0 Å². The molecule has 0 saturated carbocycles. The van der Waals surface area contributed by atoms with Gasteiger partial charge in [-0.25, -0.2) is 0 Å². The molecular weight excluding hydrogens is 178 g/mol. The van der Waals surface area contributed by atoms with E-state index in [-0.39, 0.29) is 10.6 Å². The lowest BCUT2D eigenvalue weighted by atomic mass is 10.4. The first-order valence-corrected chi connectivity index (χ1v) is 4.81. The van der Waals surface area contributed by atoms with Gasteiger partial charge in [-0.2, -0.15) is 12.8 Å². The van der Waals surface area contributed by atoms with Crippen LogP contribution in [-0.4, -0.2) is 40.2 Å². The molecule has 68 valence electrons. The molecule has 12 heavy (non-hydrogen) atoms. The van der Waals surface area contributed by atoms with Crippen LogP contribution < -0.4 is 5.73 Å². The van der Waals surface area contributed by atoms with Gasteiger partial charge in [0, 0.05) is 6.54 Å². The van der Waals surface area contributed by atoms with Crippen molar-refractivity contribution in [1.82, 2.24) is 4.90 Å². The van der Waals surface area contributed by atoms with E-state index in [1.807, 2.05) is 0 Å². The van der Waals surface area contributed by atoms with Crippen molar-refractivity contribution < 1.29 is 8.42 Å². The van der Waals surface area contributed by atoms with Crippen LogP contribution in [-0.2, 0) is 10.0 Å². The van der Waals surface area contributed by atoms with E-state index >= 15 is 0 Å². The summed E-state index contributed by atoms with van der Waals surface area (Å²) in [5.41, 5.74) is 5.67. The van der Waals surface area contributed by atoms with Gasteiger partial charge in [0.25, 0.3) is 10.0 Å². The minimum absolute atomic E-state index is 0.188. The number of allylic oxidation sites excluding steroid dienone is 1. The molecular formula is C6H11N3O2S. The fraction of sp³-hybridized carbons (Fsp3) is 0.500. The summed E-state index contributed by atoms with van der Waals surface area (Å²) in [5.74, 6) is 0. The Labute approximate surface area is 71.6 Å².